The van der Waals surface area contributed by atoms with Crippen molar-refractivity contribution in [3.63, 3.8) is 0 Å². The summed E-state index contributed by atoms with van der Waals surface area (Å²) < 4.78 is 1.46. The lowest BCUT2D eigenvalue weighted by Crippen LogP contribution is -2.10. The maximum Gasteiger partial charge on any atom is 0.273 e. The smallest absolute Gasteiger partial charge is 0.273 e. The van der Waals surface area contributed by atoms with E-state index in [0.29, 0.717) is 35.5 Å². The summed E-state index contributed by atoms with van der Waals surface area (Å²) in [4.78, 5) is 40.7. The van der Waals surface area contributed by atoms with Gasteiger partial charge >= 0.3 is 0 Å². The van der Waals surface area contributed by atoms with E-state index in [9.17, 15) is 14.7 Å². The van der Waals surface area contributed by atoms with Crippen LogP contribution in [0.2, 0.25) is 0 Å². The highest BCUT2D eigenvalue weighted by atomic mass is 16.3. The molecule has 10 nitrogen and oxygen atoms in total. The zero-order valence-corrected chi connectivity index (χ0v) is 17.9. The van der Waals surface area contributed by atoms with Gasteiger partial charge < -0.3 is 15.2 Å². The number of H-pyrrole nitrogens is 3. The molecule has 0 aliphatic rings. The van der Waals surface area contributed by atoms with E-state index in [1.54, 1.807) is 31.0 Å². The summed E-state index contributed by atoms with van der Waals surface area (Å²) in [6.45, 7) is 3.98. The molecule has 4 rings (SSSR count). The normalized spacial score (nSPS) is 11.4. The van der Waals surface area contributed by atoms with Gasteiger partial charge in [0.05, 0.1) is 23.6 Å². The fourth-order valence-electron chi connectivity index (χ4n) is 4.07. The number of aliphatic hydroxyl groups excluding tert-OH is 1. The molecule has 4 aromatic rings. The minimum Gasteiger partial charge on any atom is -0.390 e. The molecule has 0 radical (unpaired) electrons. The number of hydrogen-bond donors (Lipinski definition) is 4. The van der Waals surface area contributed by atoms with E-state index in [-0.39, 0.29) is 30.4 Å². The third kappa shape index (κ3) is 4.17. The van der Waals surface area contributed by atoms with Gasteiger partial charge in [0.25, 0.3) is 5.56 Å². The first kappa shape index (κ1) is 21.4. The van der Waals surface area contributed by atoms with E-state index in [4.69, 9.17) is 0 Å². The fraction of sp³-hybridized carbons (Fsp3) is 0.318. The van der Waals surface area contributed by atoms with Crippen molar-refractivity contribution in [2.45, 2.75) is 45.6 Å². The average molecular weight is 435 g/mol. The van der Waals surface area contributed by atoms with Crippen LogP contribution in [0.5, 0.6) is 0 Å². The number of aromatic amines is 3. The molecule has 0 aromatic carbocycles. The molecule has 0 bridgehead atoms. The Morgan fingerprint density at radius 1 is 1.19 bits per heavy atom. The van der Waals surface area contributed by atoms with Crippen molar-refractivity contribution in [3.05, 3.63) is 75.9 Å². The maximum absolute atomic E-state index is 12.5. The highest BCUT2D eigenvalue weighted by Gasteiger charge is 2.22. The van der Waals surface area contributed by atoms with E-state index in [1.807, 2.05) is 0 Å². The quantitative estimate of drug-likeness (QED) is 0.334. The molecule has 0 atom stereocenters. The summed E-state index contributed by atoms with van der Waals surface area (Å²) in [5, 5.41) is 15.2. The molecule has 0 amide bonds. The topological polar surface area (TPSA) is 145 Å². The third-order valence-corrected chi connectivity index (χ3v) is 5.45. The molecule has 0 saturated carbocycles. The van der Waals surface area contributed by atoms with E-state index in [0.717, 1.165) is 16.8 Å². The molecule has 4 aromatic heterocycles. The lowest BCUT2D eigenvalue weighted by Gasteiger charge is -2.12. The summed E-state index contributed by atoms with van der Waals surface area (Å²) in [5.41, 5.74) is 4.86. The summed E-state index contributed by atoms with van der Waals surface area (Å²) in [7, 11) is 0. The molecule has 0 aliphatic carbocycles. The van der Waals surface area contributed by atoms with Gasteiger partial charge in [-0.15, -0.1) is 0 Å². The Hall–Kier alpha value is -3.79. The Balaban J connectivity index is 1.68. The van der Waals surface area contributed by atoms with Crippen molar-refractivity contribution in [3.8, 4) is 11.3 Å². The van der Waals surface area contributed by atoms with Crippen LogP contribution in [-0.4, -0.2) is 45.7 Å². The van der Waals surface area contributed by atoms with Crippen LogP contribution >= 0.6 is 0 Å². The molecule has 4 N–H and O–H groups in total. The number of aromatic nitrogens is 7. The van der Waals surface area contributed by atoms with E-state index in [2.05, 4.69) is 44.0 Å². The fourth-order valence-corrected chi connectivity index (χ4v) is 4.07. The second kappa shape index (κ2) is 9.15. The molecule has 0 unspecified atom stereocenters. The third-order valence-electron chi connectivity index (χ3n) is 5.45. The van der Waals surface area contributed by atoms with Crippen LogP contribution in [0.4, 0.5) is 0 Å². The first-order valence-electron chi connectivity index (χ1n) is 10.4. The molecule has 0 aliphatic heterocycles. The molecule has 10 heteroatoms. The van der Waals surface area contributed by atoms with Crippen LogP contribution in [0.1, 0.15) is 59.2 Å². The summed E-state index contributed by atoms with van der Waals surface area (Å²) in [5.74, 6) is 0.0856. The van der Waals surface area contributed by atoms with Crippen LogP contribution in [0.15, 0.2) is 42.1 Å². The SMILES string of the molecule is CC(C)c1c(Cc2nccnc2-c2c[nH][nH]c2=O)[nH]c(CO)c1CCC(=O)n1ccnc1. The van der Waals surface area contributed by atoms with Crippen molar-refractivity contribution < 1.29 is 9.90 Å². The van der Waals surface area contributed by atoms with Crippen LogP contribution in [0, 0.1) is 0 Å². The largest absolute Gasteiger partial charge is 0.390 e. The van der Waals surface area contributed by atoms with Crippen LogP contribution in [0.25, 0.3) is 11.3 Å². The van der Waals surface area contributed by atoms with Gasteiger partial charge in [0.2, 0.25) is 5.91 Å². The van der Waals surface area contributed by atoms with Gasteiger partial charge in [0.1, 0.15) is 6.33 Å². The van der Waals surface area contributed by atoms with Gasteiger partial charge in [-0.05, 0) is 23.5 Å². The van der Waals surface area contributed by atoms with Gasteiger partial charge in [-0.1, -0.05) is 13.8 Å². The first-order chi connectivity index (χ1) is 15.5. The Morgan fingerprint density at radius 3 is 2.66 bits per heavy atom. The Morgan fingerprint density at radius 2 is 2.00 bits per heavy atom. The minimum atomic E-state index is -0.267. The zero-order valence-electron chi connectivity index (χ0n) is 17.9. The number of hydrogen-bond acceptors (Lipinski definition) is 6. The first-order valence-corrected chi connectivity index (χ1v) is 10.4. The van der Waals surface area contributed by atoms with E-state index < -0.39 is 0 Å². The van der Waals surface area contributed by atoms with Gasteiger partial charge in [-0.3, -0.25) is 29.2 Å². The van der Waals surface area contributed by atoms with Crippen molar-refractivity contribution in [1.29, 1.82) is 0 Å². The van der Waals surface area contributed by atoms with Crippen molar-refractivity contribution in [2.24, 2.45) is 0 Å². The molecular formula is C22H25N7O3. The number of nitrogens with zero attached hydrogens (tertiary/aromatic N) is 4. The number of rotatable bonds is 8. The number of carbonyl (C=O) groups excluding carboxylic acids is 1. The monoisotopic (exact) mass is 435 g/mol. The number of imidazole rings is 1. The Kier molecular flexibility index (Phi) is 6.13. The predicted molar refractivity (Wildman–Crippen MR) is 117 cm³/mol. The summed E-state index contributed by atoms with van der Waals surface area (Å²) in [6, 6.07) is 0. The summed E-state index contributed by atoms with van der Waals surface area (Å²) >= 11 is 0. The number of nitrogens with one attached hydrogen (secondary N) is 3. The molecule has 166 valence electrons. The highest BCUT2D eigenvalue weighted by Crippen LogP contribution is 2.31. The molecule has 4 heterocycles. The lowest BCUT2D eigenvalue weighted by molar-refractivity contribution is 0.0902. The zero-order chi connectivity index (χ0) is 22.7. The summed E-state index contributed by atoms with van der Waals surface area (Å²) in [6.07, 6.45) is 10.6. The molecule has 0 saturated heterocycles. The molecule has 32 heavy (non-hydrogen) atoms. The highest BCUT2D eigenvalue weighted by molar-refractivity contribution is 5.79. The van der Waals surface area contributed by atoms with Crippen molar-refractivity contribution in [1.82, 2.24) is 34.7 Å². The molecule has 0 fully saturated rings. The minimum absolute atomic E-state index is 0.0632. The lowest BCUT2D eigenvalue weighted by atomic mass is 9.93. The molecular weight excluding hydrogens is 410 g/mol. The van der Waals surface area contributed by atoms with Crippen molar-refractivity contribution >= 4 is 5.91 Å². The van der Waals surface area contributed by atoms with Crippen LogP contribution in [0.3, 0.4) is 0 Å². The second-order valence-corrected chi connectivity index (χ2v) is 7.84. The average Bonchev–Trinajstić information content (AvgIpc) is 3.52. The van der Waals surface area contributed by atoms with Crippen molar-refractivity contribution in [2.75, 3.05) is 0 Å². The van der Waals surface area contributed by atoms with Crippen LogP contribution in [-0.2, 0) is 19.4 Å². The predicted octanol–water partition coefficient (Wildman–Crippen LogP) is 2.16. The standard InChI is InChI=1S/C22H25N7O3/c1-13(2)20-14(3-4-19(31)29-8-7-23-12-29)18(11-30)27-16(20)9-17-21(25-6-5-24-17)15-10-26-28-22(15)32/h5-8,10,12-13,27,30H,3-4,9,11H2,1-2H3,(H2,26,28,32). The molecule has 0 spiro atoms. The Labute approximate surface area is 183 Å². The van der Waals surface area contributed by atoms with E-state index in [1.165, 1.54) is 10.9 Å². The Bertz CT molecular complexity index is 1260. The van der Waals surface area contributed by atoms with Crippen LogP contribution < -0.4 is 5.56 Å². The maximum atomic E-state index is 12.5. The van der Waals surface area contributed by atoms with Gasteiger partial charge in [0, 0.05) is 55.2 Å². The van der Waals surface area contributed by atoms with Gasteiger partial charge in [-0.25, -0.2) is 4.98 Å². The second-order valence-electron chi connectivity index (χ2n) is 7.84. The number of aliphatic hydroxyl groups is 1. The van der Waals surface area contributed by atoms with Gasteiger partial charge in [-0.2, -0.15) is 0 Å². The number of carbonyl (C=O) groups is 1. The van der Waals surface area contributed by atoms with E-state index >= 15 is 0 Å². The van der Waals surface area contributed by atoms with Gasteiger partial charge in [0.15, 0.2) is 0 Å².